The van der Waals surface area contributed by atoms with E-state index in [1.807, 2.05) is 48.1 Å². The summed E-state index contributed by atoms with van der Waals surface area (Å²) in [5, 5.41) is 7.26. The fraction of sp³-hybridized carbons (Fsp3) is 0.633. The molecule has 0 radical (unpaired) electrons. The highest BCUT2D eigenvalue weighted by molar-refractivity contribution is 7.99. The van der Waals surface area contributed by atoms with Gasteiger partial charge in [0, 0.05) is 248 Å². The first kappa shape index (κ1) is 104. The fourth-order valence-electron chi connectivity index (χ4n) is 15.1. The van der Waals surface area contributed by atoms with Crippen molar-refractivity contribution in [1.29, 1.82) is 0 Å². The topological polar surface area (TPSA) is 116 Å². The maximum Gasteiger partial charge on any atom is 0.152 e. The second-order valence-corrected chi connectivity index (χ2v) is 38.2. The summed E-state index contributed by atoms with van der Waals surface area (Å²) in [5.41, 5.74) is 8.15. The highest BCUT2D eigenvalue weighted by Gasteiger charge is 2.19. The number of aromatic nitrogens is 3. The number of rotatable bonds is 2. The first-order chi connectivity index (χ1) is 58.5. The first-order valence-electron chi connectivity index (χ1n) is 45.9. The molecule has 19 rings (SSSR count). The van der Waals surface area contributed by atoms with Gasteiger partial charge in [0.25, 0.3) is 0 Å². The van der Waals surface area contributed by atoms with Gasteiger partial charge in [0.1, 0.15) is 0 Å². The average Bonchev–Trinajstić information content (AvgIpc) is 1.62. The molecule has 680 valence electrons. The number of sulfone groups is 1. The number of morpholine rings is 1. The Morgan fingerprint density at radius 3 is 1.14 bits per heavy atom. The smallest absolute Gasteiger partial charge is 0.152 e. The van der Waals surface area contributed by atoms with Gasteiger partial charge in [-0.05, 0) is 234 Å². The maximum absolute atomic E-state index is 10.8. The number of para-hydroxylation sites is 5. The lowest BCUT2D eigenvalue weighted by molar-refractivity contribution is 0.0503. The van der Waals surface area contributed by atoms with Crippen molar-refractivity contribution in [2.24, 2.45) is 21.1 Å². The lowest BCUT2D eigenvalue weighted by Gasteiger charge is -2.33. The Morgan fingerprint density at radius 1 is 0.347 bits per heavy atom. The molecule has 11 aliphatic rings. The third-order valence-corrected chi connectivity index (χ3v) is 26.6. The summed E-state index contributed by atoms with van der Waals surface area (Å²) in [6.45, 7) is 39.9. The van der Waals surface area contributed by atoms with Gasteiger partial charge < -0.3 is 92.4 Å². The van der Waals surface area contributed by atoms with Gasteiger partial charge in [-0.1, -0.05) is 117 Å². The Kier molecular flexibility index (Phi) is 52.7. The molecule has 0 bridgehead atoms. The lowest BCUT2D eigenvalue weighted by Crippen LogP contribution is -2.44. The molecule has 0 saturated carbocycles. The SMILES string of the molecule is CCN1CCN(C)CC1.CN1CCCC1.CN1CCCCC1.CN1CCCCCC1.CN1CCN(C)CC1.CN1CCN(c2ccccc2)CC1.CN1CCNCC1.CN1CCOCC1.CN1CCS(=O)(=O)CC1.CN1CCSCC1.CN1CCc2ccccc21.Cn1c2ccccc2c2ccccc21.Cn1ccc2ccccc21.Cn1cccc1. The summed E-state index contributed by atoms with van der Waals surface area (Å²) >= 11 is 2.06. The van der Waals surface area contributed by atoms with E-state index >= 15 is 0 Å². The summed E-state index contributed by atoms with van der Waals surface area (Å²) in [7, 11) is 29.3. The van der Waals surface area contributed by atoms with Gasteiger partial charge >= 0.3 is 0 Å². The van der Waals surface area contributed by atoms with Crippen LogP contribution in [0.1, 0.15) is 70.3 Å². The van der Waals surface area contributed by atoms with Gasteiger partial charge in [-0.3, -0.25) is 0 Å². The van der Waals surface area contributed by atoms with E-state index in [2.05, 4.69) is 328 Å². The predicted octanol–water partition coefficient (Wildman–Crippen LogP) is 12.6. The average molecular weight is 1710 g/mol. The van der Waals surface area contributed by atoms with Crippen LogP contribution in [0.5, 0.6) is 0 Å². The van der Waals surface area contributed by atoms with Crippen molar-refractivity contribution < 1.29 is 13.2 Å². The van der Waals surface area contributed by atoms with Crippen molar-refractivity contribution in [2.75, 3.05) is 327 Å². The Labute approximate surface area is 741 Å². The zero-order valence-corrected chi connectivity index (χ0v) is 80.4. The van der Waals surface area contributed by atoms with Crippen molar-refractivity contribution in [2.45, 2.75) is 71.1 Å². The van der Waals surface area contributed by atoms with Crippen LogP contribution in [0, 0.1) is 0 Å². The molecule has 10 saturated heterocycles. The van der Waals surface area contributed by atoms with Crippen LogP contribution in [0.4, 0.5) is 11.4 Å². The number of likely N-dealkylation sites (tertiary alicyclic amines) is 3. The molecule has 3 aromatic heterocycles. The van der Waals surface area contributed by atoms with Crippen LogP contribution in [0.2, 0.25) is 0 Å². The van der Waals surface area contributed by atoms with Crippen LogP contribution in [0.25, 0.3) is 32.7 Å². The number of hydrogen-bond donors (Lipinski definition) is 1. The molecule has 1 N–H and O–H groups in total. The third-order valence-electron chi connectivity index (χ3n) is 24.0. The largest absolute Gasteiger partial charge is 0.379 e. The number of benzene rings is 5. The maximum atomic E-state index is 10.8. The van der Waals surface area contributed by atoms with Gasteiger partial charge in [-0.25, -0.2) is 8.42 Å². The third kappa shape index (κ3) is 44.7. The van der Waals surface area contributed by atoms with Gasteiger partial charge in [0.05, 0.1) is 24.7 Å². The molecular formula is C98H168N18O3S2. The number of piperazine rings is 4. The van der Waals surface area contributed by atoms with Gasteiger partial charge in [-0.2, -0.15) is 11.8 Å². The Morgan fingerprint density at radius 2 is 0.736 bits per heavy atom. The summed E-state index contributed by atoms with van der Waals surface area (Å²) in [6.07, 6.45) is 20.1. The molecule has 14 heterocycles. The van der Waals surface area contributed by atoms with Crippen molar-refractivity contribution in [3.8, 4) is 0 Å². The van der Waals surface area contributed by atoms with Crippen molar-refractivity contribution in [3.05, 3.63) is 170 Å². The molecule has 0 atom stereocenters. The van der Waals surface area contributed by atoms with Crippen LogP contribution >= 0.6 is 11.8 Å². The Bertz CT molecular complexity index is 3800. The number of nitrogens with zero attached hydrogens (tertiary/aromatic N) is 17. The van der Waals surface area contributed by atoms with Crippen LogP contribution in [0.15, 0.2) is 164 Å². The normalized spacial score (nSPS) is 20.4. The quantitative estimate of drug-likeness (QED) is 0.177. The molecule has 21 nitrogen and oxygen atoms in total. The second kappa shape index (κ2) is 61.4. The number of fused-ring (bicyclic) bond motifs is 5. The number of likely N-dealkylation sites (N-methyl/N-ethyl adjacent to an activating group) is 8. The molecule has 0 unspecified atom stereocenters. The number of thioether (sulfide) groups is 1. The zero-order valence-electron chi connectivity index (χ0n) is 78.8. The summed E-state index contributed by atoms with van der Waals surface area (Å²) in [6, 6.07) is 50.8. The summed E-state index contributed by atoms with van der Waals surface area (Å²) in [4.78, 5) is 32.9. The Balaban J connectivity index is 0.000000203. The molecule has 23 heteroatoms. The second-order valence-electron chi connectivity index (χ2n) is 34.6. The van der Waals surface area contributed by atoms with Crippen molar-refractivity contribution >= 4 is 65.7 Å². The van der Waals surface area contributed by atoms with Crippen LogP contribution < -0.4 is 15.1 Å². The highest BCUT2D eigenvalue weighted by atomic mass is 32.2. The zero-order chi connectivity index (χ0) is 87.3. The van der Waals surface area contributed by atoms with Crippen LogP contribution in [-0.2, 0) is 42.1 Å². The molecule has 0 amide bonds. The molecule has 11 aliphatic heterocycles. The summed E-state index contributed by atoms with van der Waals surface area (Å²) < 4.78 is 33.0. The first-order valence-corrected chi connectivity index (χ1v) is 48.9. The van der Waals surface area contributed by atoms with E-state index in [1.165, 1.54) is 269 Å². The monoisotopic (exact) mass is 1710 g/mol. The molecule has 0 aliphatic carbocycles. The molecule has 5 aromatic carbocycles. The minimum absolute atomic E-state index is 0.337. The lowest BCUT2D eigenvalue weighted by atomic mass is 10.1. The summed E-state index contributed by atoms with van der Waals surface area (Å²) in [5.74, 6) is 3.33. The minimum atomic E-state index is -2.66. The number of piperidine rings is 1. The van der Waals surface area contributed by atoms with E-state index < -0.39 is 9.84 Å². The van der Waals surface area contributed by atoms with Crippen LogP contribution in [0.3, 0.4) is 0 Å². The van der Waals surface area contributed by atoms with E-state index in [0.29, 0.717) is 24.6 Å². The van der Waals surface area contributed by atoms with E-state index in [0.717, 1.165) is 52.5 Å². The number of ether oxygens (including phenoxy) is 1. The number of aryl methyl sites for hydroxylation is 3. The number of anilines is 2. The van der Waals surface area contributed by atoms with Gasteiger partial charge in [0.2, 0.25) is 0 Å². The minimum Gasteiger partial charge on any atom is -0.379 e. The number of hydrogen-bond acceptors (Lipinski definition) is 19. The fourth-order valence-corrected chi connectivity index (χ4v) is 17.6. The highest BCUT2D eigenvalue weighted by Crippen LogP contribution is 2.28. The molecule has 121 heavy (non-hydrogen) atoms. The Hall–Kier alpha value is -5.94. The predicted molar refractivity (Wildman–Crippen MR) is 527 cm³/mol. The van der Waals surface area contributed by atoms with Gasteiger partial charge in [-0.15, -0.1) is 0 Å². The van der Waals surface area contributed by atoms with E-state index in [1.54, 1.807) is 0 Å². The molecule has 0 spiro atoms. The van der Waals surface area contributed by atoms with Crippen molar-refractivity contribution in [3.63, 3.8) is 0 Å². The van der Waals surface area contributed by atoms with Gasteiger partial charge in [0.15, 0.2) is 9.84 Å². The molecule has 10 fully saturated rings. The standard InChI is InChI=1S/C13H11N.C11H16N2.C9H11N.C9H9N.C7H16N2.C7H15N.C6H14N2.C6H13N.C5H12N2.C5H11NO2S.C5H11NO.C5H11NS.C5H11N.C5H7N/c1-14-12-8-4-2-6-10(12)11-7-3-5-9-13(11)14;1-12-7-9-13(10-8-12)11-5-3-2-4-6-11;2*1-10-7-6-8-4-2-3-5-9(8)10;1-3-9-6-4-8(2)5-7-9;1-8-6-4-2-3-5-7-8;1-7-3-5-8(2)6-4-7;1-7-5-3-2-4-6-7;1-7-4-2-6-3-5-7;1-6-2-4-9(7,8)5-3-6;2*1-6-2-4-7-5-3-6;2*1-6-4-2-3-5-6/h2-9H,1H3;2-6H,7-10H2,1H3;2-5H,6-7H2,1H3;2-7H,1H3;3-7H2,1-2H3;2-7H2,1H3;3-6H2,1-2H3;2-6H2,1H3;6H,2-5H2,1H3;2-5H2,1H3;2*2-5H2,1H3;2-5H2,1H3;2-5H,1H3. The van der Waals surface area contributed by atoms with E-state index in [-0.39, 0.29) is 0 Å². The van der Waals surface area contributed by atoms with Crippen LogP contribution in [-0.4, -0.2) is 398 Å². The number of nitrogens with one attached hydrogen (secondary N) is 1. The van der Waals surface area contributed by atoms with E-state index in [9.17, 15) is 8.42 Å². The van der Waals surface area contributed by atoms with E-state index in [4.69, 9.17) is 4.74 Å². The molecular weight excluding hydrogens is 1540 g/mol. The molecule has 8 aromatic rings. The van der Waals surface area contributed by atoms with Crippen molar-refractivity contribution in [1.82, 2.24) is 77.8 Å².